The summed E-state index contributed by atoms with van der Waals surface area (Å²) < 4.78 is 1.26. The Hall–Kier alpha value is -1.81. The van der Waals surface area contributed by atoms with Gasteiger partial charge >= 0.3 is 5.69 Å². The molecule has 1 atom stereocenters. The highest BCUT2D eigenvalue weighted by Crippen LogP contribution is 2.25. The number of hydrogen-bond acceptors (Lipinski definition) is 2. The Morgan fingerprint density at radius 1 is 1.29 bits per heavy atom. The van der Waals surface area contributed by atoms with Crippen LogP contribution in [0.25, 0.3) is 11.1 Å². The van der Waals surface area contributed by atoms with Crippen LogP contribution >= 0.6 is 11.6 Å². The van der Waals surface area contributed by atoms with Gasteiger partial charge in [-0.3, -0.25) is 14.3 Å². The second-order valence-corrected chi connectivity index (χ2v) is 5.62. The largest absolute Gasteiger partial charge is 0.329 e. The Kier molecular flexibility index (Phi) is 4.68. The molecule has 5 heteroatoms. The average molecular weight is 307 g/mol. The maximum Gasteiger partial charge on any atom is 0.329 e. The van der Waals surface area contributed by atoms with E-state index in [-0.39, 0.29) is 16.8 Å². The van der Waals surface area contributed by atoms with Gasteiger partial charge in [0.1, 0.15) is 5.15 Å². The smallest absolute Gasteiger partial charge is 0.297 e. The molecule has 0 amide bonds. The van der Waals surface area contributed by atoms with Crippen molar-refractivity contribution in [1.29, 1.82) is 0 Å². The van der Waals surface area contributed by atoms with Crippen molar-refractivity contribution in [1.82, 2.24) is 9.55 Å². The zero-order valence-electron chi connectivity index (χ0n) is 12.4. The molecule has 1 aromatic carbocycles. The van der Waals surface area contributed by atoms with E-state index in [1.54, 1.807) is 0 Å². The van der Waals surface area contributed by atoms with Crippen molar-refractivity contribution in [3.05, 3.63) is 55.8 Å². The van der Waals surface area contributed by atoms with E-state index in [4.69, 9.17) is 11.6 Å². The molecular formula is C16H19ClN2O2. The van der Waals surface area contributed by atoms with E-state index in [2.05, 4.69) is 4.98 Å². The van der Waals surface area contributed by atoms with E-state index in [0.717, 1.165) is 24.0 Å². The quantitative estimate of drug-likeness (QED) is 0.879. The van der Waals surface area contributed by atoms with E-state index in [1.807, 2.05) is 45.0 Å². The lowest BCUT2D eigenvalue weighted by Gasteiger charge is -2.15. The van der Waals surface area contributed by atoms with Gasteiger partial charge in [0.15, 0.2) is 0 Å². The summed E-state index contributed by atoms with van der Waals surface area (Å²) in [6.45, 7) is 5.81. The summed E-state index contributed by atoms with van der Waals surface area (Å²) in [5.74, 6) is 0. The van der Waals surface area contributed by atoms with Crippen molar-refractivity contribution in [2.45, 2.75) is 39.7 Å². The first-order valence-electron chi connectivity index (χ1n) is 7.07. The van der Waals surface area contributed by atoms with Gasteiger partial charge in [-0.2, -0.15) is 0 Å². The van der Waals surface area contributed by atoms with E-state index in [0.29, 0.717) is 5.56 Å². The number of nitrogens with one attached hydrogen (secondary N) is 1. The minimum absolute atomic E-state index is 0.0965. The highest BCUT2D eigenvalue weighted by atomic mass is 35.5. The first-order valence-corrected chi connectivity index (χ1v) is 7.45. The third-order valence-electron chi connectivity index (χ3n) is 3.65. The lowest BCUT2D eigenvalue weighted by atomic mass is 10.0. The van der Waals surface area contributed by atoms with Crippen molar-refractivity contribution in [2.24, 2.45) is 0 Å². The Balaban J connectivity index is 2.74. The maximum absolute atomic E-state index is 12.7. The van der Waals surface area contributed by atoms with Crippen LogP contribution in [-0.2, 0) is 0 Å². The molecule has 0 bridgehead atoms. The topological polar surface area (TPSA) is 54.9 Å². The first-order chi connectivity index (χ1) is 9.97. The highest BCUT2D eigenvalue weighted by Gasteiger charge is 2.18. The van der Waals surface area contributed by atoms with Crippen LogP contribution in [0, 0.1) is 6.92 Å². The summed E-state index contributed by atoms with van der Waals surface area (Å²) in [4.78, 5) is 27.4. The molecule has 21 heavy (non-hydrogen) atoms. The van der Waals surface area contributed by atoms with Crippen molar-refractivity contribution in [3.63, 3.8) is 0 Å². The minimum atomic E-state index is -0.455. The predicted octanol–water partition coefficient (Wildman–Crippen LogP) is 3.53. The maximum atomic E-state index is 12.7. The molecular weight excluding hydrogens is 288 g/mol. The van der Waals surface area contributed by atoms with Crippen molar-refractivity contribution in [3.8, 4) is 11.1 Å². The SMILES string of the molecule is CCCC(C)n1c(=O)[nH]c(Cl)c(-c2ccccc2C)c1=O. The van der Waals surface area contributed by atoms with Crippen molar-refractivity contribution < 1.29 is 0 Å². The van der Waals surface area contributed by atoms with Gasteiger partial charge in [-0.25, -0.2) is 4.79 Å². The first kappa shape index (κ1) is 15.6. The number of hydrogen-bond donors (Lipinski definition) is 1. The van der Waals surface area contributed by atoms with Gasteiger partial charge in [0.2, 0.25) is 0 Å². The van der Waals surface area contributed by atoms with Crippen LogP contribution in [-0.4, -0.2) is 9.55 Å². The van der Waals surface area contributed by atoms with E-state index >= 15 is 0 Å². The number of H-pyrrole nitrogens is 1. The molecule has 0 saturated heterocycles. The second-order valence-electron chi connectivity index (χ2n) is 5.25. The Labute approximate surface area is 128 Å². The number of rotatable bonds is 4. The number of aryl methyl sites for hydroxylation is 1. The van der Waals surface area contributed by atoms with Gasteiger partial charge in [-0.05, 0) is 31.4 Å². The summed E-state index contributed by atoms with van der Waals surface area (Å²) >= 11 is 6.13. The zero-order chi connectivity index (χ0) is 15.6. The van der Waals surface area contributed by atoms with Crippen LogP contribution < -0.4 is 11.2 Å². The summed E-state index contributed by atoms with van der Waals surface area (Å²) in [5, 5.41) is 0.0965. The predicted molar refractivity (Wildman–Crippen MR) is 86.1 cm³/mol. The van der Waals surface area contributed by atoms with Crippen LogP contribution in [0.2, 0.25) is 5.15 Å². The van der Waals surface area contributed by atoms with Gasteiger partial charge in [0, 0.05) is 6.04 Å². The van der Waals surface area contributed by atoms with Crippen molar-refractivity contribution in [2.75, 3.05) is 0 Å². The standard InChI is InChI=1S/C16H19ClN2O2/c1-4-7-11(3)19-15(20)13(14(17)18-16(19)21)12-9-6-5-8-10(12)2/h5-6,8-9,11H,4,7H2,1-3H3,(H,18,21). The number of halogens is 1. The monoisotopic (exact) mass is 306 g/mol. The molecule has 0 radical (unpaired) electrons. The highest BCUT2D eigenvalue weighted by molar-refractivity contribution is 6.32. The molecule has 0 saturated carbocycles. The van der Waals surface area contributed by atoms with Gasteiger partial charge in [-0.15, -0.1) is 0 Å². The normalized spacial score (nSPS) is 12.4. The third kappa shape index (κ3) is 2.95. The Morgan fingerprint density at radius 2 is 1.95 bits per heavy atom. The van der Waals surface area contributed by atoms with E-state index < -0.39 is 5.69 Å². The molecule has 0 aliphatic heterocycles. The number of benzene rings is 1. The van der Waals surface area contributed by atoms with Crippen LogP contribution in [0.4, 0.5) is 0 Å². The zero-order valence-corrected chi connectivity index (χ0v) is 13.2. The molecule has 1 aromatic heterocycles. The molecule has 2 aromatic rings. The molecule has 2 rings (SSSR count). The van der Waals surface area contributed by atoms with Gasteiger partial charge in [0.25, 0.3) is 5.56 Å². The molecule has 1 heterocycles. The van der Waals surface area contributed by atoms with E-state index in [1.165, 1.54) is 4.57 Å². The number of aromatic amines is 1. The Bertz CT molecular complexity index is 762. The number of nitrogens with zero attached hydrogens (tertiary/aromatic N) is 1. The summed E-state index contributed by atoms with van der Waals surface area (Å²) in [7, 11) is 0. The van der Waals surface area contributed by atoms with Crippen LogP contribution in [0.1, 0.15) is 38.3 Å². The fourth-order valence-electron chi connectivity index (χ4n) is 2.56. The van der Waals surface area contributed by atoms with E-state index in [9.17, 15) is 9.59 Å². The second kappa shape index (κ2) is 6.31. The van der Waals surface area contributed by atoms with Gasteiger partial charge in [0.05, 0.1) is 5.56 Å². The van der Waals surface area contributed by atoms with Crippen molar-refractivity contribution >= 4 is 11.6 Å². The fraction of sp³-hybridized carbons (Fsp3) is 0.375. The number of aromatic nitrogens is 2. The molecule has 0 spiro atoms. The summed E-state index contributed by atoms with van der Waals surface area (Å²) in [5.41, 5.74) is 1.26. The molecule has 0 aliphatic rings. The minimum Gasteiger partial charge on any atom is -0.297 e. The Morgan fingerprint density at radius 3 is 2.57 bits per heavy atom. The molecule has 1 N–H and O–H groups in total. The average Bonchev–Trinajstić information content (AvgIpc) is 2.40. The summed E-state index contributed by atoms with van der Waals surface area (Å²) in [6.07, 6.45) is 1.66. The van der Waals surface area contributed by atoms with Gasteiger partial charge < -0.3 is 0 Å². The summed E-state index contributed by atoms with van der Waals surface area (Å²) in [6, 6.07) is 7.34. The third-order valence-corrected chi connectivity index (χ3v) is 3.93. The van der Waals surface area contributed by atoms with Crippen LogP contribution in [0.3, 0.4) is 0 Å². The fourth-order valence-corrected chi connectivity index (χ4v) is 2.82. The molecule has 0 aliphatic carbocycles. The van der Waals surface area contributed by atoms with Crippen LogP contribution in [0.15, 0.2) is 33.9 Å². The van der Waals surface area contributed by atoms with Crippen LogP contribution in [0.5, 0.6) is 0 Å². The molecule has 112 valence electrons. The van der Waals surface area contributed by atoms with Gasteiger partial charge in [-0.1, -0.05) is 49.2 Å². The molecule has 4 nitrogen and oxygen atoms in total. The molecule has 1 unspecified atom stereocenters. The lowest BCUT2D eigenvalue weighted by Crippen LogP contribution is -2.38. The lowest BCUT2D eigenvalue weighted by molar-refractivity contribution is 0.466. The molecule has 0 fully saturated rings.